The van der Waals surface area contributed by atoms with Crippen molar-refractivity contribution in [2.75, 3.05) is 13.2 Å². The van der Waals surface area contributed by atoms with Crippen LogP contribution in [0.4, 0.5) is 0 Å². The van der Waals surface area contributed by atoms with Gasteiger partial charge in [0.2, 0.25) is 0 Å². The Labute approximate surface area is 515 Å². The third-order valence-corrected chi connectivity index (χ3v) is 15.6. The van der Waals surface area contributed by atoms with Gasteiger partial charge in [0.25, 0.3) is 0 Å². The summed E-state index contributed by atoms with van der Waals surface area (Å²) in [4.78, 5) is 38.5. The van der Waals surface area contributed by atoms with Crippen molar-refractivity contribution in [1.82, 2.24) is 0 Å². The van der Waals surface area contributed by atoms with Gasteiger partial charge in [-0.2, -0.15) is 0 Å². The molecule has 0 rings (SSSR count). The maximum Gasteiger partial charge on any atom is 0.306 e. The molecule has 6 nitrogen and oxygen atoms in total. The predicted octanol–water partition coefficient (Wildman–Crippen LogP) is 24.8. The summed E-state index contributed by atoms with van der Waals surface area (Å²) in [5.41, 5.74) is 0. The van der Waals surface area contributed by atoms with Crippen molar-refractivity contribution in [3.05, 3.63) is 97.2 Å². The summed E-state index contributed by atoms with van der Waals surface area (Å²) in [7, 11) is 0. The topological polar surface area (TPSA) is 78.9 Å². The van der Waals surface area contributed by atoms with Crippen molar-refractivity contribution in [2.45, 2.75) is 361 Å². The lowest BCUT2D eigenvalue weighted by Crippen LogP contribution is -2.30. The molecule has 83 heavy (non-hydrogen) atoms. The SMILES string of the molecule is CC/C=C\C/C=C\C/C=C\C/C=C\C/C=C\C/C=C\CCCCCCC(=O)OC(COC(=O)CCCCCCCCCCCCCCC/C=C\C/C=C\CCCCCCC)COC(=O)CCCCCCCCCCCCCCCCCCC. The van der Waals surface area contributed by atoms with Gasteiger partial charge in [0, 0.05) is 19.3 Å². The van der Waals surface area contributed by atoms with E-state index in [1.54, 1.807) is 0 Å². The molecule has 0 aliphatic carbocycles. The number of carbonyl (C=O) groups is 3. The zero-order chi connectivity index (χ0) is 59.9. The van der Waals surface area contributed by atoms with Crippen LogP contribution in [0, 0.1) is 0 Å². The van der Waals surface area contributed by atoms with E-state index in [-0.39, 0.29) is 31.1 Å². The van der Waals surface area contributed by atoms with E-state index in [1.165, 1.54) is 199 Å². The van der Waals surface area contributed by atoms with Crippen molar-refractivity contribution in [3.8, 4) is 0 Å². The monoisotopic (exact) mass is 1160 g/mol. The highest BCUT2D eigenvalue weighted by molar-refractivity contribution is 5.71. The Kier molecular flexibility index (Phi) is 67.7. The zero-order valence-corrected chi connectivity index (χ0v) is 54.9. The summed E-state index contributed by atoms with van der Waals surface area (Å²) in [6.45, 7) is 6.55. The van der Waals surface area contributed by atoms with E-state index in [9.17, 15) is 14.4 Å². The van der Waals surface area contributed by atoms with Gasteiger partial charge < -0.3 is 14.2 Å². The van der Waals surface area contributed by atoms with E-state index in [2.05, 4.69) is 118 Å². The number of carbonyl (C=O) groups excluding carboxylic acids is 3. The van der Waals surface area contributed by atoms with Gasteiger partial charge >= 0.3 is 17.9 Å². The minimum Gasteiger partial charge on any atom is -0.462 e. The molecule has 0 saturated heterocycles. The minimum atomic E-state index is -0.793. The Morgan fingerprint density at radius 1 is 0.253 bits per heavy atom. The van der Waals surface area contributed by atoms with Gasteiger partial charge in [-0.25, -0.2) is 0 Å². The maximum atomic E-state index is 13.0. The molecule has 478 valence electrons. The van der Waals surface area contributed by atoms with Crippen molar-refractivity contribution >= 4 is 17.9 Å². The summed E-state index contributed by atoms with van der Waals surface area (Å²) in [5.74, 6) is -0.892. The fourth-order valence-electron chi connectivity index (χ4n) is 10.2. The van der Waals surface area contributed by atoms with Crippen molar-refractivity contribution in [3.63, 3.8) is 0 Å². The van der Waals surface area contributed by atoms with Crippen LogP contribution in [0.5, 0.6) is 0 Å². The van der Waals surface area contributed by atoms with E-state index >= 15 is 0 Å². The second-order valence-corrected chi connectivity index (χ2v) is 23.8. The van der Waals surface area contributed by atoms with Gasteiger partial charge in [0.1, 0.15) is 13.2 Å². The van der Waals surface area contributed by atoms with E-state index in [0.717, 1.165) is 116 Å². The van der Waals surface area contributed by atoms with Gasteiger partial charge in [0.15, 0.2) is 6.10 Å². The summed E-state index contributed by atoms with van der Waals surface area (Å²) in [6, 6.07) is 0. The van der Waals surface area contributed by atoms with E-state index in [1.807, 2.05) is 0 Å². The number of allylic oxidation sites excluding steroid dienone is 16. The minimum absolute atomic E-state index is 0.0849. The van der Waals surface area contributed by atoms with Crippen LogP contribution in [0.1, 0.15) is 355 Å². The Morgan fingerprint density at radius 2 is 0.470 bits per heavy atom. The quantitative estimate of drug-likeness (QED) is 0.0261. The first-order valence-electron chi connectivity index (χ1n) is 35.7. The molecule has 0 aromatic heterocycles. The molecule has 0 aromatic rings. The lowest BCUT2D eigenvalue weighted by atomic mass is 10.0. The Hall–Kier alpha value is -3.67. The number of hydrogen-bond acceptors (Lipinski definition) is 6. The van der Waals surface area contributed by atoms with Crippen LogP contribution in [-0.2, 0) is 28.6 Å². The molecule has 0 amide bonds. The first-order chi connectivity index (χ1) is 41.0. The summed E-state index contributed by atoms with van der Waals surface area (Å²) in [5, 5.41) is 0. The second kappa shape index (κ2) is 70.8. The Balaban J connectivity index is 4.39. The molecular weight excluding hydrogens is 1020 g/mol. The first kappa shape index (κ1) is 79.3. The fraction of sp³-hybridized carbons (Fsp3) is 0.753. The first-order valence-corrected chi connectivity index (χ1v) is 35.7. The molecule has 0 fully saturated rings. The molecule has 0 spiro atoms. The van der Waals surface area contributed by atoms with Gasteiger partial charge in [0.05, 0.1) is 0 Å². The van der Waals surface area contributed by atoms with Crippen molar-refractivity contribution < 1.29 is 28.6 Å². The highest BCUT2D eigenvalue weighted by Crippen LogP contribution is 2.17. The van der Waals surface area contributed by atoms with Crippen LogP contribution in [0.15, 0.2) is 97.2 Å². The smallest absolute Gasteiger partial charge is 0.306 e. The summed E-state index contributed by atoms with van der Waals surface area (Å²) < 4.78 is 17.0. The normalized spacial score (nSPS) is 12.7. The lowest BCUT2D eigenvalue weighted by molar-refractivity contribution is -0.167. The molecule has 0 aromatic carbocycles. The largest absolute Gasteiger partial charge is 0.462 e. The zero-order valence-electron chi connectivity index (χ0n) is 54.9. The maximum absolute atomic E-state index is 13.0. The van der Waals surface area contributed by atoms with Crippen LogP contribution in [0.2, 0.25) is 0 Å². The molecule has 1 unspecified atom stereocenters. The van der Waals surface area contributed by atoms with Gasteiger partial charge in [-0.05, 0) is 103 Å². The third-order valence-electron chi connectivity index (χ3n) is 15.6. The molecular formula is C77H134O6. The van der Waals surface area contributed by atoms with Gasteiger partial charge in [-0.3, -0.25) is 14.4 Å². The molecule has 0 heterocycles. The fourth-order valence-corrected chi connectivity index (χ4v) is 10.2. The number of hydrogen-bond donors (Lipinski definition) is 0. The van der Waals surface area contributed by atoms with Gasteiger partial charge in [-0.1, -0.05) is 330 Å². The van der Waals surface area contributed by atoms with Crippen LogP contribution in [0.25, 0.3) is 0 Å². The standard InChI is InChI=1S/C77H134O6/c1-4-7-10-13-16-19-22-25-28-31-33-35-37-38-40-41-43-46-49-52-55-58-61-64-67-70-76(79)82-73-74(72-81-75(78)69-66-63-60-57-54-51-48-45-30-27-24-21-18-15-12-9-6-3)83-77(80)71-68-65-62-59-56-53-50-47-44-42-39-36-34-32-29-26-23-20-17-14-11-8-5-2/h8,11,17,20,22,25-26,29,31,33-34,36,42,44,50,53,74H,4-7,9-10,12-16,18-19,21,23-24,27-28,30,32,35,37-41,43,45-49,51-52,54-73H2,1-3H3/b11-8-,20-17-,25-22-,29-26-,33-31-,36-34-,44-42-,53-50-. The van der Waals surface area contributed by atoms with E-state index in [0.29, 0.717) is 19.3 Å². The molecule has 0 N–H and O–H groups in total. The average molecular weight is 1160 g/mol. The molecule has 6 heteroatoms. The number of ether oxygens (including phenoxy) is 3. The molecule has 0 aliphatic rings. The molecule has 0 bridgehead atoms. The molecule has 1 atom stereocenters. The van der Waals surface area contributed by atoms with Crippen molar-refractivity contribution in [1.29, 1.82) is 0 Å². The van der Waals surface area contributed by atoms with Crippen LogP contribution in [0.3, 0.4) is 0 Å². The van der Waals surface area contributed by atoms with E-state index in [4.69, 9.17) is 14.2 Å². The molecule has 0 saturated carbocycles. The third kappa shape index (κ3) is 69.0. The molecule has 0 radical (unpaired) electrons. The van der Waals surface area contributed by atoms with Crippen LogP contribution < -0.4 is 0 Å². The summed E-state index contributed by atoms with van der Waals surface area (Å²) in [6.07, 6.45) is 95.7. The Morgan fingerprint density at radius 3 is 0.735 bits per heavy atom. The number of esters is 3. The lowest BCUT2D eigenvalue weighted by Gasteiger charge is -2.18. The number of unbranched alkanes of at least 4 members (excludes halogenated alkanes) is 38. The van der Waals surface area contributed by atoms with Gasteiger partial charge in [-0.15, -0.1) is 0 Å². The van der Waals surface area contributed by atoms with Crippen LogP contribution >= 0.6 is 0 Å². The van der Waals surface area contributed by atoms with Crippen LogP contribution in [-0.4, -0.2) is 37.2 Å². The predicted molar refractivity (Wildman–Crippen MR) is 362 cm³/mol. The molecule has 0 aliphatic heterocycles. The second-order valence-electron chi connectivity index (χ2n) is 23.8. The van der Waals surface area contributed by atoms with E-state index < -0.39 is 6.10 Å². The average Bonchev–Trinajstić information content (AvgIpc) is 3.49. The Bertz CT molecular complexity index is 1610. The summed E-state index contributed by atoms with van der Waals surface area (Å²) >= 11 is 0. The highest BCUT2D eigenvalue weighted by atomic mass is 16.6. The number of rotatable bonds is 65. The highest BCUT2D eigenvalue weighted by Gasteiger charge is 2.19. The van der Waals surface area contributed by atoms with Crippen molar-refractivity contribution in [2.24, 2.45) is 0 Å².